The maximum absolute atomic E-state index is 9.14. The molecule has 1 aromatic heterocycles. The van der Waals surface area contributed by atoms with E-state index in [1.54, 1.807) is 6.20 Å². The monoisotopic (exact) mass is 223 g/mol. The third-order valence-corrected chi connectivity index (χ3v) is 2.63. The number of hydrogen-bond donors (Lipinski definition) is 1. The van der Waals surface area contributed by atoms with E-state index in [1.165, 1.54) is 0 Å². The Morgan fingerprint density at radius 1 is 1.56 bits per heavy atom. The second-order valence-corrected chi connectivity index (χ2v) is 4.25. The number of hydrogen-bond acceptors (Lipinski definition) is 5. The van der Waals surface area contributed by atoms with Crippen LogP contribution in [0.1, 0.15) is 12.5 Å². The topological polar surface area (TPSA) is 58.5 Å². The lowest BCUT2D eigenvalue weighted by Crippen LogP contribution is -2.48. The summed E-state index contributed by atoms with van der Waals surface area (Å²) in [4.78, 5) is 2.11. The number of aromatic nitrogens is 2. The largest absolute Gasteiger partial charge is 0.394 e. The van der Waals surface area contributed by atoms with E-state index in [1.807, 2.05) is 19.9 Å². The molecule has 1 aromatic rings. The molecule has 2 atom stereocenters. The van der Waals surface area contributed by atoms with E-state index < -0.39 is 0 Å². The molecule has 0 saturated carbocycles. The second-order valence-electron chi connectivity index (χ2n) is 4.25. The van der Waals surface area contributed by atoms with Crippen LogP contribution in [0, 0.1) is 6.92 Å². The lowest BCUT2D eigenvalue weighted by Gasteiger charge is -2.36. The van der Waals surface area contributed by atoms with Crippen LogP contribution in [0.3, 0.4) is 0 Å². The minimum atomic E-state index is -0.133. The third-order valence-electron chi connectivity index (χ3n) is 2.63. The molecule has 0 spiro atoms. The number of nitrogens with zero attached hydrogens (tertiary/aromatic N) is 3. The van der Waals surface area contributed by atoms with E-state index in [-0.39, 0.29) is 18.8 Å². The fourth-order valence-electron chi connectivity index (χ4n) is 1.94. The van der Waals surface area contributed by atoms with Gasteiger partial charge < -0.3 is 14.7 Å². The molecule has 1 aliphatic rings. The molecule has 16 heavy (non-hydrogen) atoms. The number of aryl methyl sites for hydroxylation is 1. The summed E-state index contributed by atoms with van der Waals surface area (Å²) in [6, 6.07) is 2.00. The Balaban J connectivity index is 2.14. The van der Waals surface area contributed by atoms with Crippen LogP contribution in [-0.2, 0) is 4.74 Å². The van der Waals surface area contributed by atoms with Crippen LogP contribution in [0.25, 0.3) is 0 Å². The molecule has 0 radical (unpaired) electrons. The minimum Gasteiger partial charge on any atom is -0.394 e. The Hall–Kier alpha value is -1.20. The van der Waals surface area contributed by atoms with Gasteiger partial charge in [-0.05, 0) is 25.5 Å². The van der Waals surface area contributed by atoms with Gasteiger partial charge in [0.2, 0.25) is 0 Å². The molecule has 1 aliphatic heterocycles. The maximum atomic E-state index is 9.14. The molecule has 88 valence electrons. The van der Waals surface area contributed by atoms with Crippen LogP contribution in [0.4, 0.5) is 5.82 Å². The number of aliphatic hydroxyl groups excluding tert-OH is 1. The number of rotatable bonds is 2. The van der Waals surface area contributed by atoms with Crippen LogP contribution in [0.15, 0.2) is 12.3 Å². The summed E-state index contributed by atoms with van der Waals surface area (Å²) in [5.41, 5.74) is 1.09. The molecule has 0 amide bonds. The molecule has 2 heterocycles. The zero-order chi connectivity index (χ0) is 11.5. The highest BCUT2D eigenvalue weighted by Crippen LogP contribution is 2.18. The molecule has 0 aromatic carbocycles. The van der Waals surface area contributed by atoms with Crippen molar-refractivity contribution in [3.63, 3.8) is 0 Å². The summed E-state index contributed by atoms with van der Waals surface area (Å²) >= 11 is 0. The van der Waals surface area contributed by atoms with Gasteiger partial charge in [0, 0.05) is 13.1 Å². The van der Waals surface area contributed by atoms with Crippen molar-refractivity contribution < 1.29 is 9.84 Å². The van der Waals surface area contributed by atoms with Crippen molar-refractivity contribution in [1.82, 2.24) is 10.2 Å². The maximum Gasteiger partial charge on any atom is 0.151 e. The lowest BCUT2D eigenvalue weighted by atomic mass is 10.2. The van der Waals surface area contributed by atoms with E-state index in [0.29, 0.717) is 6.54 Å². The average Bonchev–Trinajstić information content (AvgIpc) is 2.28. The first-order chi connectivity index (χ1) is 7.69. The van der Waals surface area contributed by atoms with E-state index in [9.17, 15) is 0 Å². The van der Waals surface area contributed by atoms with Gasteiger partial charge in [-0.25, -0.2) is 0 Å². The van der Waals surface area contributed by atoms with Gasteiger partial charge in [-0.2, -0.15) is 5.10 Å². The highest BCUT2D eigenvalue weighted by Gasteiger charge is 2.25. The van der Waals surface area contributed by atoms with Crippen LogP contribution in [0.2, 0.25) is 0 Å². The normalized spacial score (nSPS) is 25.8. The predicted molar refractivity (Wildman–Crippen MR) is 60.4 cm³/mol. The van der Waals surface area contributed by atoms with E-state index in [2.05, 4.69) is 15.1 Å². The summed E-state index contributed by atoms with van der Waals surface area (Å²) in [5, 5.41) is 17.2. The van der Waals surface area contributed by atoms with Crippen molar-refractivity contribution >= 4 is 5.82 Å². The number of aliphatic hydroxyl groups is 1. The zero-order valence-corrected chi connectivity index (χ0v) is 9.63. The molecule has 2 unspecified atom stereocenters. The first kappa shape index (κ1) is 11.3. The SMILES string of the molecule is Cc1cnnc(N2CC(C)OC(CO)C2)c1. The summed E-state index contributed by atoms with van der Waals surface area (Å²) in [6.07, 6.45) is 1.70. The van der Waals surface area contributed by atoms with E-state index >= 15 is 0 Å². The molecule has 1 fully saturated rings. The number of morpholine rings is 1. The Morgan fingerprint density at radius 2 is 2.38 bits per heavy atom. The van der Waals surface area contributed by atoms with E-state index in [4.69, 9.17) is 9.84 Å². The molecular formula is C11H17N3O2. The Labute approximate surface area is 95.1 Å². The molecule has 2 rings (SSSR count). The van der Waals surface area contributed by atoms with Gasteiger partial charge in [0.25, 0.3) is 0 Å². The number of ether oxygens (including phenoxy) is 1. The van der Waals surface area contributed by atoms with Crippen LogP contribution in [0.5, 0.6) is 0 Å². The van der Waals surface area contributed by atoms with Crippen molar-refractivity contribution in [3.8, 4) is 0 Å². The number of anilines is 1. The van der Waals surface area contributed by atoms with Crippen molar-refractivity contribution in [2.24, 2.45) is 0 Å². The van der Waals surface area contributed by atoms with Gasteiger partial charge in [0.1, 0.15) is 0 Å². The molecule has 0 aliphatic carbocycles. The highest BCUT2D eigenvalue weighted by molar-refractivity contribution is 5.39. The van der Waals surface area contributed by atoms with E-state index in [0.717, 1.165) is 17.9 Å². The molecule has 1 N–H and O–H groups in total. The van der Waals surface area contributed by atoms with Gasteiger partial charge in [0.05, 0.1) is 25.0 Å². The summed E-state index contributed by atoms with van der Waals surface area (Å²) < 4.78 is 5.58. The summed E-state index contributed by atoms with van der Waals surface area (Å²) in [7, 11) is 0. The van der Waals surface area contributed by atoms with Crippen molar-refractivity contribution in [2.75, 3.05) is 24.6 Å². The van der Waals surface area contributed by atoms with Gasteiger partial charge in [-0.1, -0.05) is 0 Å². The highest BCUT2D eigenvalue weighted by atomic mass is 16.5. The van der Waals surface area contributed by atoms with Gasteiger partial charge >= 0.3 is 0 Å². The van der Waals surface area contributed by atoms with Crippen LogP contribution >= 0.6 is 0 Å². The van der Waals surface area contributed by atoms with Crippen molar-refractivity contribution in [2.45, 2.75) is 26.1 Å². The minimum absolute atomic E-state index is 0.0418. The first-order valence-corrected chi connectivity index (χ1v) is 5.49. The molecule has 5 nitrogen and oxygen atoms in total. The van der Waals surface area contributed by atoms with Crippen LogP contribution < -0.4 is 4.90 Å². The third kappa shape index (κ3) is 2.48. The van der Waals surface area contributed by atoms with Crippen molar-refractivity contribution in [1.29, 1.82) is 0 Å². The summed E-state index contributed by atoms with van der Waals surface area (Å²) in [6.45, 7) is 5.48. The molecular weight excluding hydrogens is 206 g/mol. The molecule has 5 heteroatoms. The van der Waals surface area contributed by atoms with Crippen molar-refractivity contribution in [3.05, 3.63) is 17.8 Å². The second kappa shape index (κ2) is 4.76. The molecule has 0 bridgehead atoms. The Bertz CT molecular complexity index is 359. The van der Waals surface area contributed by atoms with Gasteiger partial charge in [0.15, 0.2) is 5.82 Å². The predicted octanol–water partition coefficient (Wildman–Crippen LogP) is 0.371. The van der Waals surface area contributed by atoms with Crippen LogP contribution in [-0.4, -0.2) is 47.2 Å². The lowest BCUT2D eigenvalue weighted by molar-refractivity contribution is -0.0423. The van der Waals surface area contributed by atoms with Gasteiger partial charge in [-0.15, -0.1) is 5.10 Å². The zero-order valence-electron chi connectivity index (χ0n) is 9.63. The fourth-order valence-corrected chi connectivity index (χ4v) is 1.94. The first-order valence-electron chi connectivity index (χ1n) is 5.49. The fraction of sp³-hybridized carbons (Fsp3) is 0.636. The quantitative estimate of drug-likeness (QED) is 0.785. The van der Waals surface area contributed by atoms with Gasteiger partial charge in [-0.3, -0.25) is 0 Å². The standard InChI is InChI=1S/C11H17N3O2/c1-8-3-11(13-12-4-8)14-5-9(2)16-10(6-14)7-15/h3-4,9-10,15H,5-7H2,1-2H3. The molecule has 1 saturated heterocycles. The average molecular weight is 223 g/mol. The summed E-state index contributed by atoms with van der Waals surface area (Å²) in [5.74, 6) is 0.855. The Morgan fingerprint density at radius 3 is 3.06 bits per heavy atom. The Kier molecular flexibility index (Phi) is 3.36. The smallest absolute Gasteiger partial charge is 0.151 e.